The van der Waals surface area contributed by atoms with Crippen molar-refractivity contribution in [3.63, 3.8) is 0 Å². The van der Waals surface area contributed by atoms with Gasteiger partial charge in [0, 0.05) is 29.2 Å². The first-order valence-corrected chi connectivity index (χ1v) is 12.5. The molecule has 1 aliphatic heterocycles. The molecule has 4 aromatic rings. The first-order valence-electron chi connectivity index (χ1n) is 11.7. The van der Waals surface area contributed by atoms with Crippen molar-refractivity contribution in [2.24, 2.45) is 0 Å². The van der Waals surface area contributed by atoms with Gasteiger partial charge in [-0.2, -0.15) is 13.2 Å². The van der Waals surface area contributed by atoms with Crippen molar-refractivity contribution in [2.45, 2.75) is 38.9 Å². The fraction of sp³-hybridized carbons (Fsp3) is 0.269. The molecule has 1 fully saturated rings. The predicted octanol–water partition coefficient (Wildman–Crippen LogP) is 6.55. The molecule has 0 atom stereocenters. The van der Waals surface area contributed by atoms with E-state index in [1.54, 1.807) is 12.1 Å². The summed E-state index contributed by atoms with van der Waals surface area (Å²) in [5.74, 6) is 0.111. The van der Waals surface area contributed by atoms with Gasteiger partial charge in [0.1, 0.15) is 5.75 Å². The molecule has 0 bridgehead atoms. The first-order chi connectivity index (χ1) is 17.7. The number of hydrogen-bond donors (Lipinski definition) is 1. The summed E-state index contributed by atoms with van der Waals surface area (Å²) in [5, 5.41) is 6.05. The Morgan fingerprint density at radius 1 is 1.19 bits per heavy atom. The molecule has 5 rings (SSSR count). The summed E-state index contributed by atoms with van der Waals surface area (Å²) in [7, 11) is 0. The lowest BCUT2D eigenvalue weighted by atomic mass is 10.0. The summed E-state index contributed by atoms with van der Waals surface area (Å²) in [6, 6.07) is 10.7. The molecule has 0 radical (unpaired) electrons. The molecule has 2 amide bonds. The second-order valence-corrected chi connectivity index (χ2v) is 9.59. The van der Waals surface area contributed by atoms with Crippen LogP contribution in [0.3, 0.4) is 0 Å². The van der Waals surface area contributed by atoms with E-state index < -0.39 is 17.8 Å². The smallest absolute Gasteiger partial charge is 0.437 e. The van der Waals surface area contributed by atoms with Crippen LogP contribution in [0.4, 0.5) is 18.0 Å². The fourth-order valence-electron chi connectivity index (χ4n) is 4.36. The van der Waals surface area contributed by atoms with Crippen LogP contribution in [0.5, 0.6) is 5.75 Å². The zero-order valence-corrected chi connectivity index (χ0v) is 20.5. The van der Waals surface area contributed by atoms with Gasteiger partial charge >= 0.3 is 6.18 Å². The largest absolute Gasteiger partial charge is 0.493 e. The quantitative estimate of drug-likeness (QED) is 0.206. The van der Waals surface area contributed by atoms with Gasteiger partial charge in [-0.05, 0) is 66.6 Å². The third-order valence-corrected chi connectivity index (χ3v) is 6.82. The van der Waals surface area contributed by atoms with E-state index in [9.17, 15) is 22.8 Å². The van der Waals surface area contributed by atoms with Gasteiger partial charge in [0.25, 0.3) is 11.1 Å². The number of amides is 2. The highest BCUT2D eigenvalue weighted by atomic mass is 32.2. The number of ether oxygens (including phenoxy) is 1. The van der Waals surface area contributed by atoms with E-state index in [0.717, 1.165) is 28.2 Å². The number of fused-ring (bicyclic) bond motifs is 2. The number of carbonyl (C=O) groups excluding carboxylic acids is 2. The monoisotopic (exact) mass is 529 g/mol. The molecule has 1 aliphatic rings. The SMILES string of the molecule is CCCc1c(OCCCn2ccc3cc(/C=C4\SC(=O)NC4=O)ccc32)ccc2c(C(F)(F)F)noc12. The molecule has 11 heteroatoms. The minimum atomic E-state index is -4.59. The van der Waals surface area contributed by atoms with Crippen molar-refractivity contribution >= 4 is 50.9 Å². The highest BCUT2D eigenvalue weighted by Crippen LogP contribution is 2.38. The second-order valence-electron chi connectivity index (χ2n) is 8.58. The number of hydrogen-bond acceptors (Lipinski definition) is 6. The molecule has 7 nitrogen and oxygen atoms in total. The number of nitrogens with one attached hydrogen (secondary N) is 1. The van der Waals surface area contributed by atoms with Crippen molar-refractivity contribution < 1.29 is 32.0 Å². The van der Waals surface area contributed by atoms with E-state index >= 15 is 0 Å². The molecule has 2 aromatic heterocycles. The zero-order chi connectivity index (χ0) is 26.2. The number of alkyl halides is 3. The van der Waals surface area contributed by atoms with Gasteiger partial charge < -0.3 is 13.8 Å². The van der Waals surface area contributed by atoms with Gasteiger partial charge in [-0.3, -0.25) is 14.9 Å². The van der Waals surface area contributed by atoms with Gasteiger partial charge in [-0.15, -0.1) is 0 Å². The minimum absolute atomic E-state index is 0.0594. The van der Waals surface area contributed by atoms with Crippen LogP contribution in [0.25, 0.3) is 27.9 Å². The van der Waals surface area contributed by atoms with Gasteiger partial charge in [0.15, 0.2) is 11.3 Å². The Balaban J connectivity index is 1.26. The Morgan fingerprint density at radius 2 is 2.03 bits per heavy atom. The Hall–Kier alpha value is -3.73. The van der Waals surface area contributed by atoms with Crippen LogP contribution in [-0.4, -0.2) is 27.5 Å². The average Bonchev–Trinajstić information content (AvgIpc) is 3.54. The topological polar surface area (TPSA) is 86.4 Å². The summed E-state index contributed by atoms with van der Waals surface area (Å²) in [5.41, 5.74) is 1.51. The van der Waals surface area contributed by atoms with Gasteiger partial charge in [0.05, 0.1) is 16.9 Å². The second kappa shape index (κ2) is 9.97. The normalized spacial score (nSPS) is 15.3. The molecule has 0 saturated carbocycles. The maximum absolute atomic E-state index is 13.2. The minimum Gasteiger partial charge on any atom is -0.493 e. The van der Waals surface area contributed by atoms with Crippen LogP contribution in [0.1, 0.15) is 36.6 Å². The van der Waals surface area contributed by atoms with E-state index in [-0.39, 0.29) is 16.2 Å². The molecule has 2 aromatic carbocycles. The predicted molar refractivity (Wildman–Crippen MR) is 134 cm³/mol. The summed E-state index contributed by atoms with van der Waals surface area (Å²) < 4.78 is 52.8. The summed E-state index contributed by atoms with van der Waals surface area (Å²) >= 11 is 0.881. The van der Waals surface area contributed by atoms with E-state index in [1.807, 2.05) is 37.4 Å². The highest BCUT2D eigenvalue weighted by molar-refractivity contribution is 8.18. The highest BCUT2D eigenvalue weighted by Gasteiger charge is 2.37. The van der Waals surface area contributed by atoms with Crippen molar-refractivity contribution in [1.82, 2.24) is 15.0 Å². The molecule has 0 unspecified atom stereocenters. The molecule has 1 saturated heterocycles. The Morgan fingerprint density at radius 3 is 2.76 bits per heavy atom. The number of aromatic nitrogens is 2. The number of rotatable bonds is 8. The number of imide groups is 1. The van der Waals surface area contributed by atoms with E-state index in [4.69, 9.17) is 9.26 Å². The lowest BCUT2D eigenvalue weighted by Crippen LogP contribution is -2.17. The molecule has 1 N–H and O–H groups in total. The number of aryl methyl sites for hydroxylation is 2. The summed E-state index contributed by atoms with van der Waals surface area (Å²) in [4.78, 5) is 23.5. The summed E-state index contributed by atoms with van der Waals surface area (Å²) in [6.07, 6.45) is 0.954. The molecule has 3 heterocycles. The molecular weight excluding hydrogens is 507 g/mol. The maximum atomic E-state index is 13.2. The van der Waals surface area contributed by atoms with Crippen LogP contribution >= 0.6 is 11.8 Å². The van der Waals surface area contributed by atoms with Crippen LogP contribution in [0.2, 0.25) is 0 Å². The Labute approximate surface area is 213 Å². The number of thioether (sulfide) groups is 1. The first kappa shape index (κ1) is 24.9. The van der Waals surface area contributed by atoms with E-state index in [1.165, 1.54) is 6.07 Å². The third-order valence-electron chi connectivity index (χ3n) is 6.01. The number of halogens is 3. The zero-order valence-electron chi connectivity index (χ0n) is 19.7. The lowest BCUT2D eigenvalue weighted by Gasteiger charge is -2.12. The van der Waals surface area contributed by atoms with Crippen LogP contribution in [0, 0.1) is 0 Å². The molecule has 192 valence electrons. The van der Waals surface area contributed by atoms with Crippen molar-refractivity contribution in [3.8, 4) is 5.75 Å². The van der Waals surface area contributed by atoms with Crippen LogP contribution in [-0.2, 0) is 23.9 Å². The average molecular weight is 530 g/mol. The van der Waals surface area contributed by atoms with Crippen LogP contribution in [0.15, 0.2) is 52.0 Å². The Kier molecular flexibility index (Phi) is 6.72. The fourth-order valence-corrected chi connectivity index (χ4v) is 5.04. The Bertz CT molecular complexity index is 1540. The number of carbonyl (C=O) groups is 2. The number of nitrogens with zero attached hydrogens (tertiary/aromatic N) is 2. The van der Waals surface area contributed by atoms with Gasteiger partial charge in [0.2, 0.25) is 0 Å². The molecular formula is C26H22F3N3O4S. The lowest BCUT2D eigenvalue weighted by molar-refractivity contribution is -0.141. The summed E-state index contributed by atoms with van der Waals surface area (Å²) in [6.45, 7) is 2.97. The van der Waals surface area contributed by atoms with E-state index in [0.29, 0.717) is 48.6 Å². The molecule has 37 heavy (non-hydrogen) atoms. The van der Waals surface area contributed by atoms with Gasteiger partial charge in [-0.1, -0.05) is 24.6 Å². The third kappa shape index (κ3) is 5.08. The van der Waals surface area contributed by atoms with Crippen molar-refractivity contribution in [1.29, 1.82) is 0 Å². The van der Waals surface area contributed by atoms with E-state index in [2.05, 4.69) is 15.0 Å². The standard InChI is InChI=1S/C26H22F3N3O4S/c1-2-4-17-20(8-6-18-22(17)36-31-23(18)26(27,28)29)35-12-3-10-32-11-9-16-13-15(5-7-19(16)32)14-21-24(33)30-25(34)37-21/h5-9,11,13-14H,2-4,10,12H2,1H3,(H,30,33,34)/b21-14-. The van der Waals surface area contributed by atoms with Crippen LogP contribution < -0.4 is 10.1 Å². The maximum Gasteiger partial charge on any atom is 0.437 e. The van der Waals surface area contributed by atoms with Crippen molar-refractivity contribution in [2.75, 3.05) is 6.61 Å². The number of benzene rings is 2. The van der Waals surface area contributed by atoms with Gasteiger partial charge in [-0.25, -0.2) is 0 Å². The molecule has 0 aliphatic carbocycles. The van der Waals surface area contributed by atoms with Crippen molar-refractivity contribution in [3.05, 3.63) is 64.3 Å². The molecule has 0 spiro atoms.